The Morgan fingerprint density at radius 3 is 2.63 bits per heavy atom. The van der Waals surface area contributed by atoms with Gasteiger partial charge in [-0.15, -0.1) is 0 Å². The second-order valence-corrected chi connectivity index (χ2v) is 5.22. The van der Waals surface area contributed by atoms with Crippen LogP contribution >= 0.6 is 0 Å². The molecule has 0 bridgehead atoms. The van der Waals surface area contributed by atoms with Crippen LogP contribution in [0.1, 0.15) is 33.1 Å². The van der Waals surface area contributed by atoms with Gasteiger partial charge >= 0.3 is 0 Å². The summed E-state index contributed by atoms with van der Waals surface area (Å²) in [5, 5.41) is 6.46. The number of carbonyl (C=O) groups is 1. The summed E-state index contributed by atoms with van der Waals surface area (Å²) < 4.78 is 4.93. The third-order valence-corrected chi connectivity index (χ3v) is 3.75. The van der Waals surface area contributed by atoms with Gasteiger partial charge in [-0.05, 0) is 32.7 Å². The van der Waals surface area contributed by atoms with Crippen molar-refractivity contribution in [2.75, 3.05) is 39.9 Å². The van der Waals surface area contributed by atoms with Crippen LogP contribution in [-0.2, 0) is 9.53 Å². The van der Waals surface area contributed by atoms with Gasteiger partial charge in [0.25, 0.3) is 0 Å². The molecule has 1 unspecified atom stereocenters. The van der Waals surface area contributed by atoms with Crippen molar-refractivity contribution >= 4 is 5.91 Å². The molecule has 1 rings (SSSR count). The molecule has 1 atom stereocenters. The van der Waals surface area contributed by atoms with E-state index < -0.39 is 0 Å². The average molecular weight is 271 g/mol. The molecule has 5 nitrogen and oxygen atoms in total. The number of carbonyl (C=O) groups excluding carboxylic acids is 1. The molecule has 1 saturated heterocycles. The highest BCUT2D eigenvalue weighted by atomic mass is 16.5. The van der Waals surface area contributed by atoms with Gasteiger partial charge in [-0.25, -0.2) is 0 Å². The van der Waals surface area contributed by atoms with E-state index in [4.69, 9.17) is 4.74 Å². The smallest absolute Gasteiger partial charge is 0.237 e. The zero-order valence-electron chi connectivity index (χ0n) is 12.6. The van der Waals surface area contributed by atoms with E-state index in [0.29, 0.717) is 19.2 Å². The van der Waals surface area contributed by atoms with Crippen LogP contribution in [0.5, 0.6) is 0 Å². The molecular formula is C14H29N3O2. The molecule has 0 aromatic heterocycles. The number of hydrogen-bond donors (Lipinski definition) is 2. The summed E-state index contributed by atoms with van der Waals surface area (Å²) in [5.74, 6) is 0.108. The Kier molecular flexibility index (Phi) is 8.02. The maximum Gasteiger partial charge on any atom is 0.237 e. The van der Waals surface area contributed by atoms with Crippen LogP contribution in [0.3, 0.4) is 0 Å². The van der Waals surface area contributed by atoms with Gasteiger partial charge in [-0.1, -0.05) is 6.92 Å². The molecule has 0 radical (unpaired) electrons. The second-order valence-electron chi connectivity index (χ2n) is 5.22. The molecule has 1 fully saturated rings. The number of amides is 1. The molecule has 1 amide bonds. The maximum absolute atomic E-state index is 11.9. The van der Waals surface area contributed by atoms with E-state index in [-0.39, 0.29) is 11.9 Å². The van der Waals surface area contributed by atoms with E-state index in [1.807, 2.05) is 6.92 Å². The lowest BCUT2D eigenvalue weighted by Gasteiger charge is -2.35. The first-order valence-corrected chi connectivity index (χ1v) is 7.43. The van der Waals surface area contributed by atoms with E-state index >= 15 is 0 Å². The van der Waals surface area contributed by atoms with Crippen molar-refractivity contribution in [3.63, 3.8) is 0 Å². The quantitative estimate of drug-likeness (QED) is 0.635. The Morgan fingerprint density at radius 1 is 1.37 bits per heavy atom. The molecule has 19 heavy (non-hydrogen) atoms. The first-order chi connectivity index (χ1) is 9.19. The van der Waals surface area contributed by atoms with Crippen molar-refractivity contribution in [2.24, 2.45) is 0 Å². The number of ether oxygens (including phenoxy) is 1. The molecule has 112 valence electrons. The van der Waals surface area contributed by atoms with Gasteiger partial charge in [0.05, 0.1) is 12.6 Å². The zero-order valence-corrected chi connectivity index (χ0v) is 12.6. The minimum Gasteiger partial charge on any atom is -0.383 e. The van der Waals surface area contributed by atoms with E-state index in [1.165, 1.54) is 6.42 Å². The van der Waals surface area contributed by atoms with Crippen LogP contribution < -0.4 is 10.6 Å². The fraction of sp³-hybridized carbons (Fsp3) is 0.929. The molecule has 0 aromatic carbocycles. The molecule has 1 aliphatic rings. The van der Waals surface area contributed by atoms with Crippen molar-refractivity contribution in [2.45, 2.75) is 45.2 Å². The summed E-state index contributed by atoms with van der Waals surface area (Å²) in [6, 6.07) is 0.587. The minimum atomic E-state index is -0.0380. The average Bonchev–Trinajstić information content (AvgIpc) is 2.45. The molecule has 0 aromatic rings. The van der Waals surface area contributed by atoms with Crippen LogP contribution in [0.15, 0.2) is 0 Å². The Hall–Kier alpha value is -0.650. The molecule has 0 aliphatic carbocycles. The lowest BCUT2D eigenvalue weighted by atomic mass is 10.0. The van der Waals surface area contributed by atoms with Crippen LogP contribution in [0.25, 0.3) is 0 Å². The van der Waals surface area contributed by atoms with Crippen molar-refractivity contribution < 1.29 is 9.53 Å². The number of rotatable bonds is 8. The standard InChI is InChI=1S/C14H29N3O2/c1-4-7-15-13-5-9-17(10-6-13)12(2)14(18)16-8-11-19-3/h12-13,15H,4-11H2,1-3H3,(H,16,18). The second kappa shape index (κ2) is 9.28. The summed E-state index contributed by atoms with van der Waals surface area (Å²) >= 11 is 0. The summed E-state index contributed by atoms with van der Waals surface area (Å²) in [5.41, 5.74) is 0. The predicted octanol–water partition coefficient (Wildman–Crippen LogP) is 0.602. The lowest BCUT2D eigenvalue weighted by Crippen LogP contribution is -2.51. The molecule has 0 saturated carbocycles. The van der Waals surface area contributed by atoms with Crippen molar-refractivity contribution in [1.82, 2.24) is 15.5 Å². The lowest BCUT2D eigenvalue weighted by molar-refractivity contribution is -0.126. The highest BCUT2D eigenvalue weighted by Gasteiger charge is 2.25. The Bertz CT molecular complexity index is 253. The fourth-order valence-electron chi connectivity index (χ4n) is 2.43. The molecule has 1 heterocycles. The van der Waals surface area contributed by atoms with Crippen LogP contribution in [0.4, 0.5) is 0 Å². The summed E-state index contributed by atoms with van der Waals surface area (Å²) in [4.78, 5) is 14.2. The first-order valence-electron chi connectivity index (χ1n) is 7.43. The van der Waals surface area contributed by atoms with Crippen LogP contribution in [-0.4, -0.2) is 62.8 Å². The molecule has 5 heteroatoms. The number of nitrogens with zero attached hydrogens (tertiary/aromatic N) is 1. The number of nitrogens with one attached hydrogen (secondary N) is 2. The SMILES string of the molecule is CCCNC1CCN(C(C)C(=O)NCCOC)CC1. The Morgan fingerprint density at radius 2 is 2.05 bits per heavy atom. The summed E-state index contributed by atoms with van der Waals surface area (Å²) in [6.45, 7) is 8.43. The number of likely N-dealkylation sites (tertiary alicyclic amines) is 1. The van der Waals surface area contributed by atoms with Gasteiger partial charge in [0.1, 0.15) is 0 Å². The molecular weight excluding hydrogens is 242 g/mol. The van der Waals surface area contributed by atoms with Crippen LogP contribution in [0.2, 0.25) is 0 Å². The fourth-order valence-corrected chi connectivity index (χ4v) is 2.43. The summed E-state index contributed by atoms with van der Waals surface area (Å²) in [7, 11) is 1.64. The van der Waals surface area contributed by atoms with Crippen molar-refractivity contribution in [3.8, 4) is 0 Å². The van der Waals surface area contributed by atoms with Gasteiger partial charge in [0, 0.05) is 32.8 Å². The van der Waals surface area contributed by atoms with Crippen LogP contribution in [0, 0.1) is 0 Å². The molecule has 0 spiro atoms. The number of hydrogen-bond acceptors (Lipinski definition) is 4. The highest BCUT2D eigenvalue weighted by molar-refractivity contribution is 5.81. The van der Waals surface area contributed by atoms with E-state index in [0.717, 1.165) is 32.5 Å². The first kappa shape index (κ1) is 16.4. The summed E-state index contributed by atoms with van der Waals surface area (Å²) in [6.07, 6.45) is 3.45. The van der Waals surface area contributed by atoms with Gasteiger partial charge < -0.3 is 15.4 Å². The van der Waals surface area contributed by atoms with E-state index in [9.17, 15) is 4.79 Å². The third-order valence-electron chi connectivity index (χ3n) is 3.75. The molecule has 2 N–H and O–H groups in total. The zero-order chi connectivity index (χ0) is 14.1. The monoisotopic (exact) mass is 271 g/mol. The number of methoxy groups -OCH3 is 1. The minimum absolute atomic E-state index is 0.0380. The molecule has 1 aliphatic heterocycles. The van der Waals surface area contributed by atoms with Gasteiger partial charge in [-0.3, -0.25) is 9.69 Å². The van der Waals surface area contributed by atoms with E-state index in [1.54, 1.807) is 7.11 Å². The number of piperidine rings is 1. The normalized spacial score (nSPS) is 19.3. The highest BCUT2D eigenvalue weighted by Crippen LogP contribution is 2.13. The largest absolute Gasteiger partial charge is 0.383 e. The van der Waals surface area contributed by atoms with Crippen molar-refractivity contribution in [3.05, 3.63) is 0 Å². The predicted molar refractivity (Wildman–Crippen MR) is 77.2 cm³/mol. The van der Waals surface area contributed by atoms with Gasteiger partial charge in [-0.2, -0.15) is 0 Å². The topological polar surface area (TPSA) is 53.6 Å². The Labute approximate surface area is 117 Å². The third kappa shape index (κ3) is 5.89. The van der Waals surface area contributed by atoms with Gasteiger partial charge in [0.15, 0.2) is 0 Å². The van der Waals surface area contributed by atoms with Gasteiger partial charge in [0.2, 0.25) is 5.91 Å². The maximum atomic E-state index is 11.9. The van der Waals surface area contributed by atoms with Crippen molar-refractivity contribution in [1.29, 1.82) is 0 Å². The Balaban J connectivity index is 2.23. The van der Waals surface area contributed by atoms with E-state index in [2.05, 4.69) is 22.5 Å².